The maximum atomic E-state index is 11.5. The molecule has 3 N–H and O–H groups in total. The Balaban J connectivity index is 2.35. The molecule has 0 aromatic rings. The van der Waals surface area contributed by atoms with E-state index in [1.807, 2.05) is 13.8 Å². The van der Waals surface area contributed by atoms with Gasteiger partial charge in [0.2, 0.25) is 0 Å². The minimum Gasteiger partial charge on any atom is -0.461 e. The summed E-state index contributed by atoms with van der Waals surface area (Å²) in [7, 11) is 0. The summed E-state index contributed by atoms with van der Waals surface area (Å²) >= 11 is 0. The average molecular weight is 229 g/mol. The van der Waals surface area contributed by atoms with E-state index in [0.29, 0.717) is 0 Å². The highest BCUT2D eigenvalue weighted by atomic mass is 16.5. The summed E-state index contributed by atoms with van der Waals surface area (Å²) in [5.74, 6) is -0.345. The lowest BCUT2D eigenvalue weighted by atomic mass is 9.85. The maximum absolute atomic E-state index is 11.5. The molecule has 94 valence electrons. The van der Waals surface area contributed by atoms with Crippen LogP contribution < -0.4 is 5.73 Å². The molecule has 1 aliphatic rings. The first-order valence-electron chi connectivity index (χ1n) is 6.09. The third-order valence-electron chi connectivity index (χ3n) is 3.26. The third-order valence-corrected chi connectivity index (χ3v) is 3.26. The highest BCUT2D eigenvalue weighted by molar-refractivity contribution is 5.75. The Bertz CT molecular complexity index is 234. The van der Waals surface area contributed by atoms with Gasteiger partial charge in [-0.25, -0.2) is 0 Å². The second-order valence-electron chi connectivity index (χ2n) is 5.16. The highest BCUT2D eigenvalue weighted by Crippen LogP contribution is 2.28. The van der Waals surface area contributed by atoms with E-state index < -0.39 is 17.6 Å². The molecule has 1 atom stereocenters. The number of rotatable bonds is 4. The Kier molecular flexibility index (Phi) is 4.74. The fourth-order valence-electron chi connectivity index (χ4n) is 1.93. The lowest BCUT2D eigenvalue weighted by Gasteiger charge is -2.31. The Labute approximate surface area is 97.2 Å². The Hall–Kier alpha value is -0.610. The predicted molar refractivity (Wildman–Crippen MR) is 61.8 cm³/mol. The zero-order valence-corrected chi connectivity index (χ0v) is 10.2. The molecule has 0 aliphatic heterocycles. The fraction of sp³-hybridized carbons (Fsp3) is 0.917. The molecular weight excluding hydrogens is 206 g/mol. The lowest BCUT2D eigenvalue weighted by Crippen LogP contribution is -2.42. The summed E-state index contributed by atoms with van der Waals surface area (Å²) in [5.41, 5.74) is 4.85. The van der Waals surface area contributed by atoms with Crippen molar-refractivity contribution in [1.29, 1.82) is 0 Å². The molecule has 0 heterocycles. The number of ether oxygens (including phenoxy) is 1. The largest absolute Gasteiger partial charge is 0.461 e. The molecule has 0 amide bonds. The quantitative estimate of drug-likeness (QED) is 0.711. The number of esters is 1. The summed E-state index contributed by atoms with van der Waals surface area (Å²) in [6.07, 6.45) is 4.60. The van der Waals surface area contributed by atoms with E-state index in [4.69, 9.17) is 10.5 Å². The topological polar surface area (TPSA) is 72.6 Å². The van der Waals surface area contributed by atoms with Crippen molar-refractivity contribution in [3.05, 3.63) is 0 Å². The summed E-state index contributed by atoms with van der Waals surface area (Å²) in [6.45, 7) is 3.84. The van der Waals surface area contributed by atoms with Gasteiger partial charge in [-0.15, -0.1) is 0 Å². The molecule has 4 heteroatoms. The van der Waals surface area contributed by atoms with Crippen molar-refractivity contribution in [2.75, 3.05) is 6.61 Å². The van der Waals surface area contributed by atoms with E-state index in [0.717, 1.165) is 32.1 Å². The van der Waals surface area contributed by atoms with E-state index in [9.17, 15) is 9.90 Å². The SMILES string of the molecule is CC(C)[C@H](N)C(=O)OCC1(O)CCCCC1. The van der Waals surface area contributed by atoms with Crippen LogP contribution in [0.5, 0.6) is 0 Å². The number of nitrogens with two attached hydrogens (primary N) is 1. The highest BCUT2D eigenvalue weighted by Gasteiger charge is 2.31. The minimum absolute atomic E-state index is 0.0634. The molecule has 4 nitrogen and oxygen atoms in total. The molecule has 1 rings (SSSR count). The van der Waals surface area contributed by atoms with Crippen LogP contribution in [0.3, 0.4) is 0 Å². The molecule has 16 heavy (non-hydrogen) atoms. The molecule has 0 unspecified atom stereocenters. The Morgan fingerprint density at radius 2 is 1.94 bits per heavy atom. The monoisotopic (exact) mass is 229 g/mol. The van der Waals surface area contributed by atoms with E-state index in [1.165, 1.54) is 0 Å². The van der Waals surface area contributed by atoms with E-state index >= 15 is 0 Å². The van der Waals surface area contributed by atoms with Gasteiger partial charge in [0.25, 0.3) is 0 Å². The van der Waals surface area contributed by atoms with Gasteiger partial charge in [0.15, 0.2) is 0 Å². The van der Waals surface area contributed by atoms with Crippen molar-refractivity contribution in [1.82, 2.24) is 0 Å². The Morgan fingerprint density at radius 1 is 1.38 bits per heavy atom. The first kappa shape index (κ1) is 13.5. The van der Waals surface area contributed by atoms with Crippen LogP contribution in [0.2, 0.25) is 0 Å². The number of carbonyl (C=O) groups is 1. The molecule has 0 radical (unpaired) electrons. The van der Waals surface area contributed by atoms with E-state index in [1.54, 1.807) is 0 Å². The van der Waals surface area contributed by atoms with Crippen molar-refractivity contribution in [3.8, 4) is 0 Å². The summed E-state index contributed by atoms with van der Waals surface area (Å²) < 4.78 is 5.09. The molecule has 1 aliphatic carbocycles. The van der Waals surface area contributed by atoms with E-state index in [-0.39, 0.29) is 12.5 Å². The van der Waals surface area contributed by atoms with Crippen molar-refractivity contribution >= 4 is 5.97 Å². The van der Waals surface area contributed by atoms with Crippen molar-refractivity contribution < 1.29 is 14.6 Å². The van der Waals surface area contributed by atoms with Crippen LogP contribution in [0.1, 0.15) is 46.0 Å². The fourth-order valence-corrected chi connectivity index (χ4v) is 1.93. The first-order valence-corrected chi connectivity index (χ1v) is 6.09. The lowest BCUT2D eigenvalue weighted by molar-refractivity contribution is -0.156. The standard InChI is InChI=1S/C12H23NO3/c1-9(2)10(13)11(14)16-8-12(15)6-4-3-5-7-12/h9-10,15H,3-8,13H2,1-2H3/t10-/m0/s1. The molecule has 1 fully saturated rings. The van der Waals surface area contributed by atoms with Crippen molar-refractivity contribution in [2.24, 2.45) is 11.7 Å². The van der Waals surface area contributed by atoms with Crippen LogP contribution in [0.4, 0.5) is 0 Å². The van der Waals surface area contributed by atoms with Gasteiger partial charge in [-0.2, -0.15) is 0 Å². The third kappa shape index (κ3) is 3.76. The second kappa shape index (κ2) is 5.64. The number of carbonyl (C=O) groups excluding carboxylic acids is 1. The van der Waals surface area contributed by atoms with Gasteiger partial charge in [0, 0.05) is 0 Å². The molecule has 0 aromatic carbocycles. The van der Waals surface area contributed by atoms with Gasteiger partial charge in [-0.3, -0.25) is 4.79 Å². The summed E-state index contributed by atoms with van der Waals surface area (Å²) in [4.78, 5) is 11.5. The van der Waals surface area contributed by atoms with Crippen LogP contribution in [0.25, 0.3) is 0 Å². The Morgan fingerprint density at radius 3 is 2.44 bits per heavy atom. The molecule has 1 saturated carbocycles. The average Bonchev–Trinajstić information content (AvgIpc) is 2.26. The molecule has 0 bridgehead atoms. The van der Waals surface area contributed by atoms with Gasteiger partial charge in [0.05, 0.1) is 5.60 Å². The number of hydrogen-bond donors (Lipinski definition) is 2. The predicted octanol–water partition coefficient (Wildman–Crippen LogP) is 1.21. The first-order chi connectivity index (χ1) is 7.44. The van der Waals surface area contributed by atoms with Crippen LogP contribution in [0, 0.1) is 5.92 Å². The van der Waals surface area contributed by atoms with Crippen LogP contribution in [-0.2, 0) is 9.53 Å². The molecule has 0 aromatic heterocycles. The second-order valence-corrected chi connectivity index (χ2v) is 5.16. The molecule has 0 spiro atoms. The maximum Gasteiger partial charge on any atom is 0.323 e. The minimum atomic E-state index is -0.815. The summed E-state index contributed by atoms with van der Waals surface area (Å²) in [6, 6.07) is -0.591. The van der Waals surface area contributed by atoms with Crippen molar-refractivity contribution in [2.45, 2.75) is 57.6 Å². The van der Waals surface area contributed by atoms with Crippen LogP contribution in [0.15, 0.2) is 0 Å². The van der Waals surface area contributed by atoms with Gasteiger partial charge in [0.1, 0.15) is 12.6 Å². The van der Waals surface area contributed by atoms with Gasteiger partial charge < -0.3 is 15.6 Å². The molecular formula is C12H23NO3. The van der Waals surface area contributed by atoms with Gasteiger partial charge in [-0.1, -0.05) is 33.1 Å². The number of hydrogen-bond acceptors (Lipinski definition) is 4. The van der Waals surface area contributed by atoms with E-state index in [2.05, 4.69) is 0 Å². The molecule has 0 saturated heterocycles. The van der Waals surface area contributed by atoms with Crippen LogP contribution in [-0.4, -0.2) is 29.3 Å². The zero-order valence-electron chi connectivity index (χ0n) is 10.2. The zero-order chi connectivity index (χ0) is 12.2. The summed E-state index contributed by atoms with van der Waals surface area (Å²) in [5, 5.41) is 10.1. The van der Waals surface area contributed by atoms with Crippen molar-refractivity contribution in [3.63, 3.8) is 0 Å². The smallest absolute Gasteiger partial charge is 0.323 e. The van der Waals surface area contributed by atoms with Gasteiger partial charge >= 0.3 is 5.97 Å². The van der Waals surface area contributed by atoms with Crippen LogP contribution >= 0.6 is 0 Å². The van der Waals surface area contributed by atoms with Gasteiger partial charge in [-0.05, 0) is 18.8 Å². The number of aliphatic hydroxyl groups is 1. The normalized spacial score (nSPS) is 21.8.